The normalized spacial score (nSPS) is 14.0. The van der Waals surface area contributed by atoms with Crippen molar-refractivity contribution >= 4 is 34.8 Å². The van der Waals surface area contributed by atoms with Gasteiger partial charge < -0.3 is 67.7 Å². The van der Waals surface area contributed by atoms with E-state index in [9.17, 15) is 0 Å². The average molecular weight is 1230 g/mol. The number of rotatable bonds is 10. The van der Waals surface area contributed by atoms with Crippen LogP contribution in [0.5, 0.6) is 34.5 Å². The van der Waals surface area contributed by atoms with Crippen molar-refractivity contribution in [2.75, 3.05) is 106 Å². The summed E-state index contributed by atoms with van der Waals surface area (Å²) in [6.45, 7) is 8.22. The molecule has 0 spiro atoms. The minimum absolute atomic E-state index is 0. The summed E-state index contributed by atoms with van der Waals surface area (Å²) in [5.41, 5.74) is 7.70. The van der Waals surface area contributed by atoms with E-state index in [0.717, 1.165) is 33.9 Å². The summed E-state index contributed by atoms with van der Waals surface area (Å²) >= 11 is 7.40. The maximum atomic E-state index is 7.13. The number of thiocarbonyl (C=S) groups is 2. The van der Waals surface area contributed by atoms with Crippen LogP contribution in [0.15, 0.2) is 158 Å². The van der Waals surface area contributed by atoms with Gasteiger partial charge in [-0.3, -0.25) is 19.9 Å². The maximum Gasteiger partial charge on any atom is 2.00 e. The van der Waals surface area contributed by atoms with Gasteiger partial charge >= 0.3 is 16.8 Å². The molecule has 2 aliphatic heterocycles. The van der Waals surface area contributed by atoms with Crippen molar-refractivity contribution in [2.45, 2.75) is 13.2 Å². The molecule has 6 aromatic heterocycles. The van der Waals surface area contributed by atoms with E-state index in [1.54, 1.807) is 24.8 Å². The van der Waals surface area contributed by atoms with Crippen molar-refractivity contribution in [2.24, 2.45) is 0 Å². The SMILES string of the molecule is [Co+2].[N-]=C=S.[N-]=C=S.c1ccc(-c2cc(OCc3ccc4c(c3)OCCOCCOCCOCCO4)cc(-c3ccccn3)n2)nc1.c1ccc(-c2cc(OCc3ccc4c(c3)OCCOCCOCCOCCO4)cc(-c3ccccn3)n2)nc1. The Kier molecular flexibility index (Phi) is 30.8. The van der Waals surface area contributed by atoms with Gasteiger partial charge in [0.1, 0.15) is 51.1 Å². The number of isothiocyanates is 2. The Balaban J connectivity index is 0.000000247. The van der Waals surface area contributed by atoms with Crippen LogP contribution < -0.4 is 28.4 Å². The first-order chi connectivity index (χ1) is 41.5. The van der Waals surface area contributed by atoms with Crippen LogP contribution in [0.2, 0.25) is 0 Å². The third kappa shape index (κ3) is 23.9. The Hall–Kier alpha value is -7.99. The van der Waals surface area contributed by atoms with Gasteiger partial charge in [-0.1, -0.05) is 60.8 Å². The van der Waals surface area contributed by atoms with Gasteiger partial charge in [-0.2, -0.15) is 10.3 Å². The van der Waals surface area contributed by atoms with E-state index in [4.69, 9.17) is 77.6 Å². The van der Waals surface area contributed by atoms with E-state index in [1.165, 1.54) is 10.3 Å². The molecule has 0 fully saturated rings. The predicted molar refractivity (Wildman–Crippen MR) is 322 cm³/mol. The second kappa shape index (κ2) is 39.5. The van der Waals surface area contributed by atoms with Crippen LogP contribution in [-0.4, -0.2) is 146 Å². The molecule has 0 bridgehead atoms. The first-order valence-electron chi connectivity index (χ1n) is 26.7. The minimum atomic E-state index is 0. The van der Waals surface area contributed by atoms with Crippen LogP contribution in [0.1, 0.15) is 11.1 Å². The van der Waals surface area contributed by atoms with E-state index < -0.39 is 0 Å². The van der Waals surface area contributed by atoms with Gasteiger partial charge in [-0.25, -0.2) is 9.97 Å². The molecule has 0 aliphatic carbocycles. The van der Waals surface area contributed by atoms with Crippen LogP contribution in [0.25, 0.3) is 56.4 Å². The fourth-order valence-corrected chi connectivity index (χ4v) is 7.77. The summed E-state index contributed by atoms with van der Waals surface area (Å²) in [4.78, 5) is 27.4. The zero-order valence-electron chi connectivity index (χ0n) is 46.4. The van der Waals surface area contributed by atoms with E-state index in [0.29, 0.717) is 176 Å². The van der Waals surface area contributed by atoms with Crippen molar-refractivity contribution < 1.29 is 73.6 Å². The number of fused-ring (bicyclic) bond motifs is 2. The molecular formula is C62H62CoN8O12S2. The largest absolute Gasteiger partial charge is 2.00 e. The van der Waals surface area contributed by atoms with E-state index >= 15 is 0 Å². The smallest absolute Gasteiger partial charge is 0.753 e. The Morgan fingerprint density at radius 2 is 0.600 bits per heavy atom. The third-order valence-electron chi connectivity index (χ3n) is 11.6. The summed E-state index contributed by atoms with van der Waals surface area (Å²) < 4.78 is 69.5. The van der Waals surface area contributed by atoms with Gasteiger partial charge in [0.15, 0.2) is 23.0 Å². The van der Waals surface area contributed by atoms with Crippen molar-refractivity contribution in [1.82, 2.24) is 29.9 Å². The fourth-order valence-electron chi connectivity index (χ4n) is 7.77. The molecule has 0 saturated carbocycles. The van der Waals surface area contributed by atoms with E-state index in [-0.39, 0.29) is 16.8 Å². The summed E-state index contributed by atoms with van der Waals surface area (Å²) in [5.74, 6) is 3.87. The second-order valence-corrected chi connectivity index (χ2v) is 17.8. The molecule has 443 valence electrons. The minimum Gasteiger partial charge on any atom is -0.753 e. The van der Waals surface area contributed by atoms with Crippen molar-refractivity contribution in [3.63, 3.8) is 0 Å². The molecule has 2 aromatic carbocycles. The van der Waals surface area contributed by atoms with Crippen LogP contribution in [-0.2, 0) is 58.4 Å². The maximum absolute atomic E-state index is 7.13. The summed E-state index contributed by atoms with van der Waals surface area (Å²) in [6, 6.07) is 42.0. The molecule has 20 nitrogen and oxygen atoms in total. The predicted octanol–water partition coefficient (Wildman–Crippen LogP) is 10.5. The van der Waals surface area contributed by atoms with Crippen molar-refractivity contribution in [3.05, 3.63) is 180 Å². The molecule has 23 heteroatoms. The average Bonchev–Trinajstić information content (AvgIpc) is 3.69. The first kappa shape index (κ1) is 66.2. The third-order valence-corrected chi connectivity index (χ3v) is 11.6. The number of pyridine rings is 6. The molecule has 0 N–H and O–H groups in total. The number of nitrogens with zero attached hydrogens (tertiary/aromatic N) is 8. The van der Waals surface area contributed by atoms with E-state index in [1.807, 2.05) is 133 Å². The number of hydrogen-bond acceptors (Lipinski definition) is 20. The quantitative estimate of drug-likeness (QED) is 0.0914. The Morgan fingerprint density at radius 3 is 0.859 bits per heavy atom. The van der Waals surface area contributed by atoms with Gasteiger partial charge in [0.05, 0.1) is 125 Å². The number of ether oxygens (including phenoxy) is 12. The Morgan fingerprint density at radius 1 is 0.341 bits per heavy atom. The molecular weight excluding hydrogens is 1170 g/mol. The second-order valence-electron chi connectivity index (χ2n) is 17.4. The summed E-state index contributed by atoms with van der Waals surface area (Å²) in [6.07, 6.45) is 6.98. The molecule has 8 aromatic rings. The van der Waals surface area contributed by atoms with Gasteiger partial charge in [-0.05, 0) is 83.9 Å². The van der Waals surface area contributed by atoms with E-state index in [2.05, 4.69) is 44.4 Å². The van der Waals surface area contributed by atoms with Gasteiger partial charge in [-0.15, -0.1) is 0 Å². The van der Waals surface area contributed by atoms with Gasteiger partial charge in [0.2, 0.25) is 0 Å². The molecule has 0 atom stereocenters. The zero-order chi connectivity index (χ0) is 58.5. The molecule has 0 unspecified atom stereocenters. The zero-order valence-corrected chi connectivity index (χ0v) is 49.0. The van der Waals surface area contributed by atoms with Crippen LogP contribution in [0.3, 0.4) is 0 Å². The molecule has 10 rings (SSSR count). The topological polar surface area (TPSA) is 233 Å². The van der Waals surface area contributed by atoms with Crippen molar-refractivity contribution in [1.29, 1.82) is 0 Å². The van der Waals surface area contributed by atoms with Crippen molar-refractivity contribution in [3.8, 4) is 80.0 Å². The van der Waals surface area contributed by atoms with Crippen LogP contribution in [0.4, 0.5) is 0 Å². The fraction of sp³-hybridized carbons (Fsp3) is 0.290. The number of benzene rings is 2. The van der Waals surface area contributed by atoms with Crippen LogP contribution >= 0.6 is 24.4 Å². The van der Waals surface area contributed by atoms with Gasteiger partial charge in [0.25, 0.3) is 0 Å². The number of aromatic nitrogens is 6. The summed E-state index contributed by atoms with van der Waals surface area (Å²) in [7, 11) is 0. The molecule has 0 amide bonds. The first-order valence-corrected chi connectivity index (χ1v) is 27.6. The molecule has 85 heavy (non-hydrogen) atoms. The molecule has 2 aliphatic rings. The molecule has 0 saturated heterocycles. The number of hydrogen-bond donors (Lipinski definition) is 0. The molecule has 1 radical (unpaired) electrons. The van der Waals surface area contributed by atoms with Gasteiger partial charge in [0, 0.05) is 49.1 Å². The van der Waals surface area contributed by atoms with Crippen LogP contribution in [0, 0.1) is 0 Å². The Bertz CT molecular complexity index is 2920. The standard InChI is InChI=1S/2C30H31N3O6.2CNS.Co/c2*1-3-9-31-25(5-1)27-20-24(21-28(33-27)26-6-2-4-10-32-26)39-22-23-7-8-29-30(19-23)38-18-16-36-14-12-34-11-13-35-15-17-37-29;2*2-1-3;/h2*1-10,19-21H,11-18,22H2;;;/q;;2*-1;+2. The summed E-state index contributed by atoms with van der Waals surface area (Å²) in [5, 5.41) is 16.9. The Labute approximate surface area is 514 Å². The molecule has 8 heterocycles. The monoisotopic (exact) mass is 1230 g/mol.